The number of nitrogens with zero attached hydrogens (tertiary/aromatic N) is 4. The zero-order valence-corrected chi connectivity index (χ0v) is 21.0. The molecule has 0 radical (unpaired) electrons. The lowest BCUT2D eigenvalue weighted by molar-refractivity contribution is 0.238. The number of aromatic amines is 1. The van der Waals surface area contributed by atoms with Crippen LogP contribution in [0, 0.1) is 5.82 Å². The smallest absolute Gasteiger partial charge is 0.225 e. The number of anilines is 3. The Balaban J connectivity index is 1.26. The van der Waals surface area contributed by atoms with E-state index in [0.717, 1.165) is 53.4 Å². The number of likely N-dealkylation sites (tertiary alicyclic amines) is 1. The van der Waals surface area contributed by atoms with Gasteiger partial charge in [0.2, 0.25) is 5.95 Å². The first-order valence-electron chi connectivity index (χ1n) is 13.1. The summed E-state index contributed by atoms with van der Waals surface area (Å²) in [7, 11) is 0. The SMILES string of the molecule is C[C@H](Nc1nc(Nc2cc(C3CC3)[nH]n2)c2ccc(OCCN3CCCC3)cc2n1)c1ccc(F)cc1. The molecule has 1 atom stereocenters. The zero-order valence-electron chi connectivity index (χ0n) is 21.0. The van der Waals surface area contributed by atoms with E-state index >= 15 is 0 Å². The Morgan fingerprint density at radius 2 is 1.89 bits per heavy atom. The number of halogens is 1. The number of benzene rings is 2. The summed E-state index contributed by atoms with van der Waals surface area (Å²) >= 11 is 0. The molecule has 3 heterocycles. The van der Waals surface area contributed by atoms with Crippen LogP contribution in [0.3, 0.4) is 0 Å². The highest BCUT2D eigenvalue weighted by Gasteiger charge is 2.25. The van der Waals surface area contributed by atoms with Gasteiger partial charge in [0, 0.05) is 35.7 Å². The highest BCUT2D eigenvalue weighted by Crippen LogP contribution is 2.40. The summed E-state index contributed by atoms with van der Waals surface area (Å²) in [5.41, 5.74) is 2.86. The van der Waals surface area contributed by atoms with Crippen LogP contribution in [-0.4, -0.2) is 51.3 Å². The number of ether oxygens (including phenoxy) is 1. The summed E-state index contributed by atoms with van der Waals surface area (Å²) < 4.78 is 19.5. The van der Waals surface area contributed by atoms with Gasteiger partial charge in [0.25, 0.3) is 0 Å². The van der Waals surface area contributed by atoms with Crippen LogP contribution in [0.25, 0.3) is 10.9 Å². The zero-order chi connectivity index (χ0) is 25.2. The number of fused-ring (bicyclic) bond motifs is 1. The average Bonchev–Trinajstić information content (AvgIpc) is 3.41. The molecular formula is C28H32FN7O. The Bertz CT molecular complexity index is 1360. The van der Waals surface area contributed by atoms with Crippen molar-refractivity contribution in [3.8, 4) is 5.75 Å². The van der Waals surface area contributed by atoms with E-state index in [-0.39, 0.29) is 11.9 Å². The maximum Gasteiger partial charge on any atom is 0.225 e. The number of hydrogen-bond acceptors (Lipinski definition) is 7. The van der Waals surface area contributed by atoms with E-state index in [2.05, 4.69) is 31.8 Å². The Labute approximate surface area is 215 Å². The molecule has 0 unspecified atom stereocenters. The number of rotatable bonds is 10. The van der Waals surface area contributed by atoms with Gasteiger partial charge in [-0.15, -0.1) is 0 Å². The standard InChI is InChI=1S/C28H32FN7O/c1-18(19-6-8-21(29)9-7-19)30-28-31-25-16-22(37-15-14-36-12-2-3-13-36)10-11-23(25)27(33-28)32-26-17-24(34-35-26)20-4-5-20/h6-11,16-18,20H,2-5,12-15H2,1H3,(H3,30,31,32,33,34,35)/t18-/m0/s1. The normalized spacial score (nSPS) is 16.7. The van der Waals surface area contributed by atoms with Crippen LogP contribution < -0.4 is 15.4 Å². The van der Waals surface area contributed by atoms with Crippen molar-refractivity contribution in [2.75, 3.05) is 36.9 Å². The van der Waals surface area contributed by atoms with E-state index in [9.17, 15) is 4.39 Å². The Kier molecular flexibility index (Phi) is 6.61. The quantitative estimate of drug-likeness (QED) is 0.254. The lowest BCUT2D eigenvalue weighted by Gasteiger charge is -2.17. The van der Waals surface area contributed by atoms with Crippen molar-refractivity contribution in [2.45, 2.75) is 44.6 Å². The molecule has 0 amide bonds. The Morgan fingerprint density at radius 3 is 2.68 bits per heavy atom. The summed E-state index contributed by atoms with van der Waals surface area (Å²) in [6, 6.07) is 14.3. The second-order valence-corrected chi connectivity index (χ2v) is 10.00. The largest absolute Gasteiger partial charge is 0.492 e. The third kappa shape index (κ3) is 5.67. The minimum atomic E-state index is -0.258. The molecular weight excluding hydrogens is 469 g/mol. The molecule has 2 aromatic heterocycles. The molecule has 1 saturated carbocycles. The van der Waals surface area contributed by atoms with Crippen molar-refractivity contribution in [1.82, 2.24) is 25.1 Å². The van der Waals surface area contributed by atoms with Crippen molar-refractivity contribution >= 4 is 28.5 Å². The second-order valence-electron chi connectivity index (χ2n) is 10.00. The molecule has 2 aliphatic rings. The molecule has 0 bridgehead atoms. The molecule has 9 heteroatoms. The molecule has 0 spiro atoms. The fraction of sp³-hybridized carbons (Fsp3) is 0.393. The monoisotopic (exact) mass is 501 g/mol. The van der Waals surface area contributed by atoms with Gasteiger partial charge >= 0.3 is 0 Å². The molecule has 1 aliphatic heterocycles. The van der Waals surface area contributed by atoms with E-state index < -0.39 is 0 Å². The number of H-pyrrole nitrogens is 1. The molecule has 192 valence electrons. The van der Waals surface area contributed by atoms with Crippen molar-refractivity contribution in [3.63, 3.8) is 0 Å². The fourth-order valence-electron chi connectivity index (χ4n) is 4.81. The highest BCUT2D eigenvalue weighted by atomic mass is 19.1. The van der Waals surface area contributed by atoms with Gasteiger partial charge < -0.3 is 15.4 Å². The van der Waals surface area contributed by atoms with Gasteiger partial charge in [-0.05, 0) is 75.5 Å². The molecule has 2 fully saturated rings. The van der Waals surface area contributed by atoms with Crippen molar-refractivity contribution in [1.29, 1.82) is 0 Å². The average molecular weight is 502 g/mol. The van der Waals surface area contributed by atoms with Crippen LogP contribution in [0.15, 0.2) is 48.5 Å². The third-order valence-electron chi connectivity index (χ3n) is 7.12. The molecule has 37 heavy (non-hydrogen) atoms. The van der Waals surface area contributed by atoms with Gasteiger partial charge in [0.05, 0.1) is 11.6 Å². The summed E-state index contributed by atoms with van der Waals surface area (Å²) in [6.07, 6.45) is 4.95. The van der Waals surface area contributed by atoms with E-state index in [1.807, 2.05) is 25.1 Å². The van der Waals surface area contributed by atoms with Gasteiger partial charge in [-0.1, -0.05) is 12.1 Å². The van der Waals surface area contributed by atoms with Crippen molar-refractivity contribution < 1.29 is 9.13 Å². The van der Waals surface area contributed by atoms with Crippen LogP contribution in [0.5, 0.6) is 5.75 Å². The van der Waals surface area contributed by atoms with Crippen LogP contribution in [-0.2, 0) is 0 Å². The molecule has 2 aromatic carbocycles. The van der Waals surface area contributed by atoms with E-state index in [1.54, 1.807) is 12.1 Å². The molecule has 1 saturated heterocycles. The van der Waals surface area contributed by atoms with Gasteiger partial charge in [0.15, 0.2) is 5.82 Å². The predicted molar refractivity (Wildman–Crippen MR) is 143 cm³/mol. The van der Waals surface area contributed by atoms with Gasteiger partial charge in [-0.3, -0.25) is 10.00 Å². The summed E-state index contributed by atoms with van der Waals surface area (Å²) in [5, 5.41) is 15.2. The van der Waals surface area contributed by atoms with Gasteiger partial charge in [-0.25, -0.2) is 9.37 Å². The van der Waals surface area contributed by atoms with E-state index in [4.69, 9.17) is 14.7 Å². The molecule has 8 nitrogen and oxygen atoms in total. The predicted octanol–water partition coefficient (Wildman–Crippen LogP) is 5.76. The molecule has 6 rings (SSSR count). The second kappa shape index (κ2) is 10.3. The molecule has 1 aliphatic carbocycles. The van der Waals surface area contributed by atoms with Crippen molar-refractivity contribution in [2.24, 2.45) is 0 Å². The van der Waals surface area contributed by atoms with Gasteiger partial charge in [-0.2, -0.15) is 10.1 Å². The summed E-state index contributed by atoms with van der Waals surface area (Å²) in [4.78, 5) is 12.0. The fourth-order valence-corrected chi connectivity index (χ4v) is 4.81. The summed E-state index contributed by atoms with van der Waals surface area (Å²) in [5.74, 6) is 2.97. The number of hydrogen-bond donors (Lipinski definition) is 3. The molecule has 4 aromatic rings. The maximum absolute atomic E-state index is 13.4. The van der Waals surface area contributed by atoms with Crippen molar-refractivity contribution in [3.05, 3.63) is 65.6 Å². The molecule has 3 N–H and O–H groups in total. The highest BCUT2D eigenvalue weighted by molar-refractivity contribution is 5.92. The topological polar surface area (TPSA) is 91.0 Å². The Hall–Kier alpha value is -3.72. The first-order chi connectivity index (χ1) is 18.1. The van der Waals surface area contributed by atoms with Crippen LogP contribution >= 0.6 is 0 Å². The van der Waals surface area contributed by atoms with Crippen LogP contribution in [0.4, 0.5) is 22.0 Å². The number of nitrogens with one attached hydrogen (secondary N) is 3. The van der Waals surface area contributed by atoms with E-state index in [0.29, 0.717) is 24.3 Å². The number of aromatic nitrogens is 4. The first kappa shape index (κ1) is 23.7. The maximum atomic E-state index is 13.4. The van der Waals surface area contributed by atoms with E-state index in [1.165, 1.54) is 37.8 Å². The van der Waals surface area contributed by atoms with Gasteiger partial charge in [0.1, 0.15) is 24.0 Å². The Morgan fingerprint density at radius 1 is 1.08 bits per heavy atom. The lowest BCUT2D eigenvalue weighted by atomic mass is 10.1. The minimum absolute atomic E-state index is 0.113. The lowest BCUT2D eigenvalue weighted by Crippen LogP contribution is -2.25. The third-order valence-corrected chi connectivity index (χ3v) is 7.12. The van der Waals surface area contributed by atoms with Crippen LogP contribution in [0.2, 0.25) is 0 Å². The van der Waals surface area contributed by atoms with Crippen LogP contribution in [0.1, 0.15) is 55.8 Å². The first-order valence-corrected chi connectivity index (χ1v) is 13.1. The summed E-state index contributed by atoms with van der Waals surface area (Å²) in [6.45, 7) is 5.88. The minimum Gasteiger partial charge on any atom is -0.492 e.